The molecule has 0 amide bonds. The molecule has 140 valence electrons. The van der Waals surface area contributed by atoms with E-state index in [4.69, 9.17) is 9.47 Å². The molecule has 8 nitrogen and oxygen atoms in total. The van der Waals surface area contributed by atoms with E-state index in [-0.39, 0.29) is 18.1 Å². The first-order valence-corrected chi connectivity index (χ1v) is 7.86. The number of hydrogen-bond acceptors (Lipinski definition) is 7. The number of carboxylic acid groups (broad SMARTS) is 1. The van der Waals surface area contributed by atoms with E-state index in [1.165, 1.54) is 37.1 Å². The number of carboxylic acids is 1. The number of hydrogen-bond donors (Lipinski definition) is 3. The third kappa shape index (κ3) is 5.44. The quantitative estimate of drug-likeness (QED) is 0.481. The number of phenols is 2. The van der Waals surface area contributed by atoms with E-state index in [1.54, 1.807) is 0 Å². The maximum Gasteiger partial charge on any atom is 0.508 e. The van der Waals surface area contributed by atoms with E-state index < -0.39 is 24.3 Å². The molecule has 0 radical (unpaired) electrons. The highest BCUT2D eigenvalue weighted by atomic mass is 16.7. The minimum atomic E-state index is -1.60. The van der Waals surface area contributed by atoms with Gasteiger partial charge in [-0.2, -0.15) is 0 Å². The number of benzene rings is 1. The SMILES string of the molecule is CC(C)CCOC(=O)OC[C@@](C)(C(=O)O)N(C)c1ccc(O)c(O)c1. The highest BCUT2D eigenvalue weighted by Crippen LogP contribution is 2.32. The van der Waals surface area contributed by atoms with Crippen LogP contribution in [0.3, 0.4) is 0 Å². The van der Waals surface area contributed by atoms with Crippen LogP contribution in [0.2, 0.25) is 0 Å². The number of carbonyl (C=O) groups is 2. The van der Waals surface area contributed by atoms with Crippen molar-refractivity contribution in [3.05, 3.63) is 18.2 Å². The van der Waals surface area contributed by atoms with Crippen LogP contribution in [-0.2, 0) is 14.3 Å². The molecule has 0 aliphatic heterocycles. The summed E-state index contributed by atoms with van der Waals surface area (Å²) in [5.74, 6) is -1.56. The van der Waals surface area contributed by atoms with Crippen LogP contribution < -0.4 is 4.90 Å². The van der Waals surface area contributed by atoms with Gasteiger partial charge in [-0.05, 0) is 31.4 Å². The van der Waals surface area contributed by atoms with Crippen molar-refractivity contribution in [1.82, 2.24) is 0 Å². The van der Waals surface area contributed by atoms with Crippen molar-refractivity contribution < 1.29 is 34.4 Å². The molecular weight excluding hydrogens is 330 g/mol. The number of aromatic hydroxyl groups is 2. The lowest BCUT2D eigenvalue weighted by atomic mass is 10.0. The Morgan fingerprint density at radius 2 is 1.84 bits per heavy atom. The summed E-state index contributed by atoms with van der Waals surface area (Å²) in [5, 5.41) is 28.5. The van der Waals surface area contributed by atoms with Crippen molar-refractivity contribution in [3.8, 4) is 11.5 Å². The van der Waals surface area contributed by atoms with Crippen molar-refractivity contribution in [2.75, 3.05) is 25.2 Å². The Hall–Kier alpha value is -2.64. The van der Waals surface area contributed by atoms with E-state index >= 15 is 0 Å². The van der Waals surface area contributed by atoms with E-state index in [0.717, 1.165) is 0 Å². The fourth-order valence-corrected chi connectivity index (χ4v) is 1.93. The lowest BCUT2D eigenvalue weighted by Crippen LogP contribution is -2.54. The molecule has 0 aliphatic carbocycles. The maximum atomic E-state index is 11.7. The molecule has 0 aromatic heterocycles. The summed E-state index contributed by atoms with van der Waals surface area (Å²) in [6, 6.07) is 3.90. The Morgan fingerprint density at radius 1 is 1.20 bits per heavy atom. The van der Waals surface area contributed by atoms with Gasteiger partial charge in [-0.1, -0.05) is 13.8 Å². The molecule has 1 rings (SSSR count). The van der Waals surface area contributed by atoms with Gasteiger partial charge in [0.25, 0.3) is 0 Å². The predicted octanol–water partition coefficient (Wildman–Crippen LogP) is 2.58. The number of anilines is 1. The summed E-state index contributed by atoms with van der Waals surface area (Å²) in [4.78, 5) is 24.7. The minimum absolute atomic E-state index is 0.196. The monoisotopic (exact) mass is 355 g/mol. The molecule has 0 heterocycles. The Morgan fingerprint density at radius 3 is 2.36 bits per heavy atom. The maximum absolute atomic E-state index is 11.7. The standard InChI is InChI=1S/C17H25NO7/c1-11(2)7-8-24-16(23)25-10-17(3,15(21)22)18(4)12-5-6-13(19)14(20)9-12/h5-6,9,11,19-20H,7-8,10H2,1-4H3,(H,21,22)/t17-/m0/s1. The van der Waals surface area contributed by atoms with E-state index in [0.29, 0.717) is 18.0 Å². The number of rotatable bonds is 8. The van der Waals surface area contributed by atoms with Crippen molar-refractivity contribution >= 4 is 17.8 Å². The second-order valence-electron chi connectivity index (χ2n) is 6.38. The summed E-state index contributed by atoms with van der Waals surface area (Å²) in [7, 11) is 1.48. The third-order valence-electron chi connectivity index (χ3n) is 3.93. The lowest BCUT2D eigenvalue weighted by molar-refractivity contribution is -0.144. The zero-order valence-electron chi connectivity index (χ0n) is 14.9. The van der Waals surface area contributed by atoms with Crippen LogP contribution in [-0.4, -0.2) is 53.2 Å². The first-order valence-electron chi connectivity index (χ1n) is 7.86. The minimum Gasteiger partial charge on any atom is -0.504 e. The van der Waals surface area contributed by atoms with Crippen molar-refractivity contribution in [2.45, 2.75) is 32.7 Å². The van der Waals surface area contributed by atoms with Crippen LogP contribution in [0.1, 0.15) is 27.2 Å². The van der Waals surface area contributed by atoms with E-state index in [2.05, 4.69) is 0 Å². The highest BCUT2D eigenvalue weighted by molar-refractivity contribution is 5.83. The average molecular weight is 355 g/mol. The molecule has 1 atom stereocenters. The van der Waals surface area contributed by atoms with Gasteiger partial charge in [0.2, 0.25) is 0 Å². The Kier molecular flexibility index (Phi) is 6.90. The van der Waals surface area contributed by atoms with Crippen molar-refractivity contribution in [2.24, 2.45) is 5.92 Å². The fourth-order valence-electron chi connectivity index (χ4n) is 1.93. The number of carbonyl (C=O) groups excluding carboxylic acids is 1. The highest BCUT2D eigenvalue weighted by Gasteiger charge is 2.40. The molecule has 0 spiro atoms. The molecule has 1 aromatic rings. The van der Waals surface area contributed by atoms with Gasteiger partial charge in [0.1, 0.15) is 6.61 Å². The summed E-state index contributed by atoms with van der Waals surface area (Å²) in [6.45, 7) is 5.08. The van der Waals surface area contributed by atoms with Gasteiger partial charge in [-0.15, -0.1) is 0 Å². The largest absolute Gasteiger partial charge is 0.508 e. The van der Waals surface area contributed by atoms with Gasteiger partial charge in [0.05, 0.1) is 6.61 Å². The average Bonchev–Trinajstić information content (AvgIpc) is 2.53. The van der Waals surface area contributed by atoms with E-state index in [1.807, 2.05) is 13.8 Å². The molecule has 0 saturated carbocycles. The molecule has 0 saturated heterocycles. The van der Waals surface area contributed by atoms with Gasteiger partial charge < -0.3 is 29.7 Å². The van der Waals surface area contributed by atoms with Crippen LogP contribution in [0.15, 0.2) is 18.2 Å². The zero-order chi connectivity index (χ0) is 19.2. The second kappa shape index (κ2) is 8.46. The Bertz CT molecular complexity index is 617. The summed E-state index contributed by atoms with van der Waals surface area (Å²) in [5.41, 5.74) is -1.27. The van der Waals surface area contributed by atoms with Crippen molar-refractivity contribution in [3.63, 3.8) is 0 Å². The Labute approximate surface area is 146 Å². The van der Waals surface area contributed by atoms with Crippen molar-refractivity contribution in [1.29, 1.82) is 0 Å². The lowest BCUT2D eigenvalue weighted by Gasteiger charge is -2.36. The first-order chi connectivity index (χ1) is 11.6. The zero-order valence-corrected chi connectivity index (χ0v) is 14.9. The predicted molar refractivity (Wildman–Crippen MR) is 91.0 cm³/mol. The van der Waals surface area contributed by atoms with Crippen LogP contribution in [0.5, 0.6) is 11.5 Å². The smallest absolute Gasteiger partial charge is 0.504 e. The molecule has 3 N–H and O–H groups in total. The first kappa shape index (κ1) is 20.4. The fraction of sp³-hybridized carbons (Fsp3) is 0.529. The number of nitrogens with zero attached hydrogens (tertiary/aromatic N) is 1. The molecule has 25 heavy (non-hydrogen) atoms. The van der Waals surface area contributed by atoms with Gasteiger partial charge in [-0.3, -0.25) is 0 Å². The topological polar surface area (TPSA) is 117 Å². The van der Waals surface area contributed by atoms with Gasteiger partial charge in [0, 0.05) is 18.8 Å². The van der Waals surface area contributed by atoms with Crippen LogP contribution in [0, 0.1) is 5.92 Å². The number of ether oxygens (including phenoxy) is 2. The summed E-state index contributed by atoms with van der Waals surface area (Å²) >= 11 is 0. The molecular formula is C17H25NO7. The summed E-state index contributed by atoms with van der Waals surface area (Å²) in [6.07, 6.45) is -0.257. The molecule has 8 heteroatoms. The van der Waals surface area contributed by atoms with Gasteiger partial charge in [0.15, 0.2) is 17.0 Å². The Balaban J connectivity index is 2.80. The molecule has 0 bridgehead atoms. The molecule has 1 aromatic carbocycles. The van der Waals surface area contributed by atoms with Crippen LogP contribution in [0.4, 0.5) is 10.5 Å². The number of phenolic OH excluding ortho intramolecular Hbond substituents is 2. The second-order valence-corrected chi connectivity index (χ2v) is 6.38. The number of likely N-dealkylation sites (N-methyl/N-ethyl adjacent to an activating group) is 1. The van der Waals surface area contributed by atoms with E-state index in [9.17, 15) is 24.9 Å². The third-order valence-corrected chi connectivity index (χ3v) is 3.93. The van der Waals surface area contributed by atoms with Crippen LogP contribution in [0.25, 0.3) is 0 Å². The summed E-state index contributed by atoms with van der Waals surface area (Å²) < 4.78 is 9.85. The molecule has 0 fully saturated rings. The normalized spacial score (nSPS) is 13.2. The van der Waals surface area contributed by atoms with Gasteiger partial charge >= 0.3 is 12.1 Å². The molecule has 0 unspecified atom stereocenters. The number of aliphatic carboxylic acids is 1. The van der Waals surface area contributed by atoms with Crippen LogP contribution >= 0.6 is 0 Å². The van der Waals surface area contributed by atoms with Gasteiger partial charge in [-0.25, -0.2) is 9.59 Å². The molecule has 0 aliphatic rings.